The van der Waals surface area contributed by atoms with Gasteiger partial charge in [0.25, 0.3) is 0 Å². The molecule has 0 fully saturated rings. The monoisotopic (exact) mass is 700 g/mol. The zero-order valence-corrected chi connectivity index (χ0v) is 30.8. The molecule has 3 aromatic rings. The van der Waals surface area contributed by atoms with Crippen molar-refractivity contribution in [2.75, 3.05) is 39.6 Å². The third-order valence-corrected chi connectivity index (χ3v) is 8.41. The lowest BCUT2D eigenvalue weighted by Gasteiger charge is -2.23. The quantitative estimate of drug-likeness (QED) is 0.0464. The minimum absolute atomic E-state index is 0.114. The van der Waals surface area contributed by atoms with Gasteiger partial charge in [-0.2, -0.15) is 0 Å². The van der Waals surface area contributed by atoms with Gasteiger partial charge in [-0.3, -0.25) is 9.59 Å². The average Bonchev–Trinajstić information content (AvgIpc) is 3.09. The number of benzene rings is 3. The van der Waals surface area contributed by atoms with Crippen LogP contribution >= 0.6 is 11.6 Å². The second-order valence-corrected chi connectivity index (χ2v) is 12.9. The van der Waals surface area contributed by atoms with E-state index in [1.807, 2.05) is 42.5 Å². The van der Waals surface area contributed by atoms with Crippen molar-refractivity contribution in [3.63, 3.8) is 0 Å². The van der Waals surface area contributed by atoms with Crippen LogP contribution in [0.5, 0.6) is 11.5 Å². The number of carbonyl (C=O) groups excluding carboxylic acids is 2. The Morgan fingerprint density at radius 3 is 1.49 bits per heavy atom. The third-order valence-electron chi connectivity index (χ3n) is 8.17. The van der Waals surface area contributed by atoms with Crippen LogP contribution in [0.1, 0.15) is 105 Å². The zero-order chi connectivity index (χ0) is 35.3. The second kappa shape index (κ2) is 23.4. The summed E-state index contributed by atoms with van der Waals surface area (Å²) in [5, 5.41) is 3.75. The van der Waals surface area contributed by atoms with Crippen molar-refractivity contribution >= 4 is 45.1 Å². The van der Waals surface area contributed by atoms with Gasteiger partial charge in [0.15, 0.2) is 12.2 Å². The lowest BCUT2D eigenvalue weighted by Crippen LogP contribution is -2.30. The largest absolute Gasteiger partial charge is 0.488 e. The number of carbonyl (C=O) groups is 2. The molecule has 8 nitrogen and oxygen atoms in total. The molecule has 0 amide bonds. The Morgan fingerprint density at radius 2 is 1.02 bits per heavy atom. The number of ether oxygens (including phenoxy) is 6. The number of unbranched alkanes of at least 4 members (excludes halogenated alkanes) is 6. The number of hydrogen-bond acceptors (Lipinski definition) is 8. The van der Waals surface area contributed by atoms with Crippen molar-refractivity contribution in [2.24, 2.45) is 0 Å². The molecule has 0 radical (unpaired) electrons. The van der Waals surface area contributed by atoms with E-state index in [1.165, 1.54) is 0 Å². The van der Waals surface area contributed by atoms with Crippen LogP contribution in [-0.4, -0.2) is 63.8 Å². The van der Waals surface area contributed by atoms with Gasteiger partial charge in [-0.25, -0.2) is 0 Å². The molecule has 3 rings (SSSR count). The molecule has 0 aliphatic rings. The van der Waals surface area contributed by atoms with Crippen LogP contribution < -0.4 is 9.47 Å². The topological polar surface area (TPSA) is 89.5 Å². The summed E-state index contributed by atoms with van der Waals surface area (Å²) in [6, 6.07) is 13.4. The van der Waals surface area contributed by atoms with Gasteiger partial charge >= 0.3 is 11.9 Å². The Kier molecular flexibility index (Phi) is 19.2. The highest BCUT2D eigenvalue weighted by atomic mass is 35.5. The minimum Gasteiger partial charge on any atom is -0.488 e. The van der Waals surface area contributed by atoms with Gasteiger partial charge in [-0.05, 0) is 43.9 Å². The maximum Gasteiger partial charge on any atom is 0.306 e. The van der Waals surface area contributed by atoms with Crippen molar-refractivity contribution < 1.29 is 38.0 Å². The predicted molar refractivity (Wildman–Crippen MR) is 197 cm³/mol. The molecule has 3 aromatic carbocycles. The maximum atomic E-state index is 12.7. The predicted octanol–water partition coefficient (Wildman–Crippen LogP) is 10.0. The summed E-state index contributed by atoms with van der Waals surface area (Å²) in [6.45, 7) is 10.3. The molecule has 2 atom stereocenters. The van der Waals surface area contributed by atoms with Gasteiger partial charge in [-0.15, -0.1) is 0 Å². The zero-order valence-electron chi connectivity index (χ0n) is 30.1. The van der Waals surface area contributed by atoms with E-state index in [2.05, 4.69) is 27.7 Å². The van der Waals surface area contributed by atoms with E-state index in [4.69, 9.17) is 40.0 Å². The molecule has 272 valence electrons. The van der Waals surface area contributed by atoms with Crippen LogP contribution in [0.2, 0.25) is 5.02 Å². The summed E-state index contributed by atoms with van der Waals surface area (Å²) >= 11 is 6.54. The highest BCUT2D eigenvalue weighted by molar-refractivity contribution is 6.31. The van der Waals surface area contributed by atoms with E-state index in [9.17, 15) is 9.59 Å². The van der Waals surface area contributed by atoms with Gasteiger partial charge < -0.3 is 28.4 Å². The summed E-state index contributed by atoms with van der Waals surface area (Å²) in [7, 11) is 0. The molecule has 0 aromatic heterocycles. The summed E-state index contributed by atoms with van der Waals surface area (Å²) in [6.07, 6.45) is 9.08. The molecule has 0 spiro atoms. The summed E-state index contributed by atoms with van der Waals surface area (Å²) in [5.74, 6) is 0.757. The minimum atomic E-state index is -0.574. The first kappa shape index (κ1) is 40.4. The van der Waals surface area contributed by atoms with Crippen molar-refractivity contribution in [2.45, 2.75) is 117 Å². The van der Waals surface area contributed by atoms with Gasteiger partial charge in [0.2, 0.25) is 0 Å². The lowest BCUT2D eigenvalue weighted by molar-refractivity contribution is -0.155. The van der Waals surface area contributed by atoms with Crippen molar-refractivity contribution in [3.8, 4) is 11.5 Å². The van der Waals surface area contributed by atoms with Gasteiger partial charge in [-0.1, -0.05) is 102 Å². The van der Waals surface area contributed by atoms with Crippen LogP contribution in [0.25, 0.3) is 21.5 Å². The fourth-order valence-electron chi connectivity index (χ4n) is 5.42. The molecule has 0 aliphatic carbocycles. The van der Waals surface area contributed by atoms with Crippen LogP contribution in [0.3, 0.4) is 0 Å². The number of esters is 2. The van der Waals surface area contributed by atoms with E-state index < -0.39 is 12.2 Å². The normalized spacial score (nSPS) is 12.6. The molecule has 49 heavy (non-hydrogen) atoms. The molecule has 0 saturated carbocycles. The smallest absolute Gasteiger partial charge is 0.306 e. The molecule has 0 N–H and O–H groups in total. The van der Waals surface area contributed by atoms with Crippen LogP contribution in [0.4, 0.5) is 0 Å². The van der Waals surface area contributed by atoms with E-state index >= 15 is 0 Å². The highest BCUT2D eigenvalue weighted by Crippen LogP contribution is 2.43. The Balaban J connectivity index is 1.90. The summed E-state index contributed by atoms with van der Waals surface area (Å²) in [5.41, 5.74) is 0. The molecular weight excluding hydrogens is 644 g/mol. The Bertz CT molecular complexity index is 1410. The van der Waals surface area contributed by atoms with Crippen molar-refractivity contribution in [1.29, 1.82) is 0 Å². The first-order valence-corrected chi connectivity index (χ1v) is 18.7. The summed E-state index contributed by atoms with van der Waals surface area (Å²) in [4.78, 5) is 25.4. The number of hydrogen-bond donors (Lipinski definition) is 0. The third kappa shape index (κ3) is 14.0. The Hall–Kier alpha value is -3.07. The van der Waals surface area contributed by atoms with E-state index in [-0.39, 0.29) is 38.4 Å². The maximum absolute atomic E-state index is 12.7. The van der Waals surface area contributed by atoms with Crippen LogP contribution in [0.15, 0.2) is 42.5 Å². The van der Waals surface area contributed by atoms with Gasteiger partial charge in [0.1, 0.15) is 24.7 Å². The molecular formula is C40H57ClO8. The number of rotatable bonds is 26. The van der Waals surface area contributed by atoms with Crippen molar-refractivity contribution in [1.82, 2.24) is 0 Å². The average molecular weight is 701 g/mol. The molecule has 0 aliphatic heterocycles. The second-order valence-electron chi connectivity index (χ2n) is 12.5. The van der Waals surface area contributed by atoms with Gasteiger partial charge in [0, 0.05) is 52.6 Å². The van der Waals surface area contributed by atoms with E-state index in [1.54, 1.807) is 0 Å². The Morgan fingerprint density at radius 1 is 0.571 bits per heavy atom. The van der Waals surface area contributed by atoms with Crippen molar-refractivity contribution in [3.05, 3.63) is 47.5 Å². The number of fused-ring (bicyclic) bond motifs is 2. The highest BCUT2D eigenvalue weighted by Gasteiger charge is 2.22. The molecule has 0 bridgehead atoms. The van der Waals surface area contributed by atoms with Gasteiger partial charge in [0.05, 0.1) is 13.2 Å². The fourth-order valence-corrected chi connectivity index (χ4v) is 5.59. The van der Waals surface area contributed by atoms with E-state index in [0.29, 0.717) is 42.6 Å². The first-order valence-electron chi connectivity index (χ1n) is 18.4. The Labute approximate surface area is 298 Å². The number of halogens is 1. The fraction of sp³-hybridized carbons (Fsp3) is 0.600. The first-order chi connectivity index (χ1) is 23.9. The summed E-state index contributed by atoms with van der Waals surface area (Å²) < 4.78 is 36.5. The SMILES string of the molecule is CCCCCC(=O)OC(COCCCC)COc1c2ccccc2c(OCC(COCCCC)OC(=O)CCCCC)c2cc(Cl)ccc12. The van der Waals surface area contributed by atoms with Crippen LogP contribution in [-0.2, 0) is 28.5 Å². The molecule has 9 heteroatoms. The van der Waals surface area contributed by atoms with E-state index in [0.717, 1.165) is 85.8 Å². The molecule has 2 unspecified atom stereocenters. The lowest BCUT2D eigenvalue weighted by atomic mass is 10.0. The standard InChI is InChI=1S/C40H57ClO8/c1-5-9-13-19-37(42)48-31(26-44-23-11-7-3)28-46-39-33-17-15-16-18-34(33)40(36-25-30(41)21-22-35(36)39)47-29-32(27-45-24-12-8-4)49-38(43)20-14-10-6-2/h15-18,21-22,25,31-32H,5-14,19-20,23-24,26-29H2,1-4H3. The molecule has 0 saturated heterocycles. The molecule has 0 heterocycles. The van der Waals surface area contributed by atoms with Crippen LogP contribution in [0, 0.1) is 0 Å².